The predicted molar refractivity (Wildman–Crippen MR) is 264 cm³/mol. The van der Waals surface area contributed by atoms with Crippen LogP contribution in [0.25, 0.3) is 0 Å². The number of carbonyl (C=O) groups excluding carboxylic acids is 2. The molecule has 362 valence electrons. The Balaban J connectivity index is 0.749. The van der Waals surface area contributed by atoms with Crippen LogP contribution in [0.3, 0.4) is 0 Å². The Morgan fingerprint density at radius 3 is 1.31 bits per heavy atom. The Morgan fingerprint density at radius 1 is 0.516 bits per heavy atom. The Morgan fingerprint density at radius 2 is 0.922 bits per heavy atom. The molecule has 0 aromatic heterocycles. The van der Waals surface area contributed by atoms with Gasteiger partial charge in [0.25, 0.3) is 0 Å². The standard InChI is InChI=1S/C60H98O4/c1-39(2)15-13-17-41(5)49-25-27-51-47-23-21-43-37-45(29-33-57(43,7)53(47)31-35-59(49,51)9)63-55(61)19-11-12-20-56(62)64-46-30-34-58(8)44(38-46)22-24-48-52-28-26-50(42(6)18-14-16-40(3)4)60(52,10)36-32-54(48)58/h21-22,39-42,45-54H,11-20,23-38H2,1-10H3/t41-,42-,45+,46+,47+,48+,49-,50-,51+,52+,53+,54+,57+,58+,59-,60-/m1/s1. The molecule has 16 atom stereocenters. The van der Waals surface area contributed by atoms with E-state index in [9.17, 15) is 9.59 Å². The molecule has 0 aliphatic heterocycles. The van der Waals surface area contributed by atoms with Gasteiger partial charge in [-0.05, 0) is 195 Å². The lowest BCUT2D eigenvalue weighted by Crippen LogP contribution is -2.51. The SMILES string of the molecule is CC(C)CCC[C@@H](C)[C@H]1CC[C@H]2[C@@H]3CC=C4C[C@@H](OC(=O)CCCCC(=O)O[C@H]5CC[C@@]6(C)C(=CC[C@H]7[C@@H]8CC[C@H]([C@H](C)CCCC(C)C)[C@@]8(C)CC[C@@H]76)C5)CC[C@]4(C)[C@H]3CC[C@]12C. The highest BCUT2D eigenvalue weighted by molar-refractivity contribution is 5.71. The molecule has 0 spiro atoms. The number of allylic oxidation sites excluding steroid dienone is 2. The molecule has 8 aliphatic carbocycles. The maximum absolute atomic E-state index is 13.2. The van der Waals surface area contributed by atoms with Crippen molar-refractivity contribution in [3.8, 4) is 0 Å². The van der Waals surface area contributed by atoms with Gasteiger partial charge in [0.05, 0.1) is 0 Å². The van der Waals surface area contributed by atoms with Gasteiger partial charge in [-0.3, -0.25) is 9.59 Å². The van der Waals surface area contributed by atoms with Crippen molar-refractivity contribution in [2.24, 2.45) is 92.7 Å². The number of carbonyl (C=O) groups is 2. The van der Waals surface area contributed by atoms with Crippen LogP contribution in [-0.4, -0.2) is 24.1 Å². The molecule has 0 aromatic carbocycles. The van der Waals surface area contributed by atoms with E-state index in [4.69, 9.17) is 9.47 Å². The first-order valence-electron chi connectivity index (χ1n) is 28.2. The van der Waals surface area contributed by atoms with Gasteiger partial charge in [-0.1, -0.05) is 131 Å². The van der Waals surface area contributed by atoms with Crippen LogP contribution < -0.4 is 0 Å². The summed E-state index contributed by atoms with van der Waals surface area (Å²) in [5.41, 5.74) is 4.75. The van der Waals surface area contributed by atoms with Gasteiger partial charge in [0.2, 0.25) is 0 Å². The van der Waals surface area contributed by atoms with E-state index >= 15 is 0 Å². The lowest BCUT2D eigenvalue weighted by atomic mass is 9.47. The van der Waals surface area contributed by atoms with E-state index in [-0.39, 0.29) is 35.0 Å². The molecular formula is C60H98O4. The van der Waals surface area contributed by atoms with Crippen molar-refractivity contribution in [3.05, 3.63) is 23.3 Å². The first-order chi connectivity index (χ1) is 30.5. The summed E-state index contributed by atoms with van der Waals surface area (Å²) in [6.45, 7) is 25.2. The maximum Gasteiger partial charge on any atom is 0.306 e. The summed E-state index contributed by atoms with van der Waals surface area (Å²) >= 11 is 0. The molecular weight excluding hydrogens is 785 g/mol. The number of esters is 2. The van der Waals surface area contributed by atoms with Gasteiger partial charge in [0.1, 0.15) is 12.2 Å². The zero-order valence-electron chi connectivity index (χ0n) is 43.3. The molecule has 0 heterocycles. The second-order valence-corrected chi connectivity index (χ2v) is 26.5. The maximum atomic E-state index is 13.2. The van der Waals surface area contributed by atoms with E-state index in [0.717, 1.165) is 110 Å². The lowest BCUT2D eigenvalue weighted by molar-refractivity contribution is -0.153. The van der Waals surface area contributed by atoms with Gasteiger partial charge in [-0.2, -0.15) is 0 Å². The van der Waals surface area contributed by atoms with Gasteiger partial charge >= 0.3 is 11.9 Å². The average Bonchev–Trinajstić information content (AvgIpc) is 3.79. The van der Waals surface area contributed by atoms with Crippen LogP contribution in [0, 0.1) is 92.7 Å². The molecule has 0 bridgehead atoms. The van der Waals surface area contributed by atoms with Crippen LogP contribution >= 0.6 is 0 Å². The minimum absolute atomic E-state index is 0.00687. The summed E-state index contributed by atoms with van der Waals surface area (Å²) in [6, 6.07) is 0. The van der Waals surface area contributed by atoms with E-state index in [2.05, 4.69) is 81.4 Å². The number of hydrogen-bond acceptors (Lipinski definition) is 4. The highest BCUT2D eigenvalue weighted by Crippen LogP contribution is 2.69. The monoisotopic (exact) mass is 883 g/mol. The molecule has 8 rings (SSSR count). The number of ether oxygens (including phenoxy) is 2. The van der Waals surface area contributed by atoms with Crippen molar-refractivity contribution >= 4 is 11.9 Å². The molecule has 6 fully saturated rings. The lowest BCUT2D eigenvalue weighted by Gasteiger charge is -2.58. The zero-order chi connectivity index (χ0) is 45.6. The van der Waals surface area contributed by atoms with E-state index in [1.807, 2.05) is 0 Å². The second-order valence-electron chi connectivity index (χ2n) is 26.5. The molecule has 0 radical (unpaired) electrons. The van der Waals surface area contributed by atoms with E-state index in [1.54, 1.807) is 11.1 Å². The largest absolute Gasteiger partial charge is 0.462 e. The average molecular weight is 883 g/mol. The molecule has 0 aromatic rings. The normalized spacial score (nSPS) is 42.2. The van der Waals surface area contributed by atoms with Crippen molar-refractivity contribution in [2.45, 2.75) is 248 Å². The van der Waals surface area contributed by atoms with Gasteiger partial charge < -0.3 is 9.47 Å². The third-order valence-electron chi connectivity index (χ3n) is 22.1. The van der Waals surface area contributed by atoms with Crippen LogP contribution in [0.4, 0.5) is 0 Å². The third-order valence-corrected chi connectivity index (χ3v) is 22.1. The quantitative estimate of drug-likeness (QED) is 0.0830. The Labute approximate surface area is 393 Å². The summed E-state index contributed by atoms with van der Waals surface area (Å²) in [5.74, 6) is 9.95. The summed E-state index contributed by atoms with van der Waals surface area (Å²) in [5, 5.41) is 0. The van der Waals surface area contributed by atoms with Gasteiger partial charge in [-0.25, -0.2) is 0 Å². The number of fused-ring (bicyclic) bond motifs is 10. The second kappa shape index (κ2) is 19.8. The van der Waals surface area contributed by atoms with Crippen LogP contribution in [0.5, 0.6) is 0 Å². The first kappa shape index (κ1) is 48.9. The molecule has 64 heavy (non-hydrogen) atoms. The zero-order valence-corrected chi connectivity index (χ0v) is 43.3. The van der Waals surface area contributed by atoms with Crippen LogP contribution in [0.2, 0.25) is 0 Å². The van der Waals surface area contributed by atoms with E-state index in [0.29, 0.717) is 36.5 Å². The molecule has 0 unspecified atom stereocenters. The smallest absolute Gasteiger partial charge is 0.306 e. The molecule has 0 amide bonds. The van der Waals surface area contributed by atoms with Crippen molar-refractivity contribution < 1.29 is 19.1 Å². The van der Waals surface area contributed by atoms with Gasteiger partial charge in [-0.15, -0.1) is 0 Å². The van der Waals surface area contributed by atoms with Crippen molar-refractivity contribution in [1.82, 2.24) is 0 Å². The molecule has 4 nitrogen and oxygen atoms in total. The van der Waals surface area contributed by atoms with Crippen LogP contribution in [0.15, 0.2) is 23.3 Å². The summed E-state index contributed by atoms with van der Waals surface area (Å²) < 4.78 is 12.4. The highest BCUT2D eigenvalue weighted by Gasteiger charge is 2.61. The Hall–Kier alpha value is -1.58. The fourth-order valence-electron chi connectivity index (χ4n) is 18.5. The number of hydrogen-bond donors (Lipinski definition) is 0. The summed E-state index contributed by atoms with van der Waals surface area (Å²) in [7, 11) is 0. The first-order valence-corrected chi connectivity index (χ1v) is 28.2. The number of unbranched alkanes of at least 4 members (excludes halogenated alkanes) is 1. The van der Waals surface area contributed by atoms with Crippen LogP contribution in [0.1, 0.15) is 236 Å². The summed E-state index contributed by atoms with van der Waals surface area (Å²) in [6.07, 6.45) is 35.7. The van der Waals surface area contributed by atoms with E-state index in [1.165, 1.54) is 103 Å². The van der Waals surface area contributed by atoms with E-state index < -0.39 is 0 Å². The molecule has 8 aliphatic rings. The third kappa shape index (κ3) is 9.55. The summed E-state index contributed by atoms with van der Waals surface area (Å²) in [4.78, 5) is 26.3. The number of rotatable bonds is 17. The van der Waals surface area contributed by atoms with Gasteiger partial charge in [0, 0.05) is 25.7 Å². The minimum atomic E-state index is -0.0781. The predicted octanol–water partition coefficient (Wildman–Crippen LogP) is 16.5. The Kier molecular flexibility index (Phi) is 15.1. The highest BCUT2D eigenvalue weighted by atomic mass is 16.5. The molecule has 4 heteroatoms. The van der Waals surface area contributed by atoms with Crippen molar-refractivity contribution in [2.75, 3.05) is 0 Å². The van der Waals surface area contributed by atoms with Crippen molar-refractivity contribution in [3.63, 3.8) is 0 Å². The fraction of sp³-hybridized carbons (Fsp3) is 0.900. The van der Waals surface area contributed by atoms with Crippen molar-refractivity contribution in [1.29, 1.82) is 0 Å². The van der Waals surface area contributed by atoms with Gasteiger partial charge in [0.15, 0.2) is 0 Å². The van der Waals surface area contributed by atoms with Crippen LogP contribution in [-0.2, 0) is 19.1 Å². The fourth-order valence-corrected chi connectivity index (χ4v) is 18.5. The molecule has 0 saturated heterocycles. The topological polar surface area (TPSA) is 52.6 Å². The Bertz CT molecular complexity index is 1570. The molecule has 6 saturated carbocycles. The minimum Gasteiger partial charge on any atom is -0.462 e. The molecule has 0 N–H and O–H groups in total.